The number of rotatable bonds is 8. The normalized spacial score (nSPS) is 13.2. The van der Waals surface area contributed by atoms with Gasteiger partial charge in [0.25, 0.3) is 0 Å². The Labute approximate surface area is 284 Å². The highest BCUT2D eigenvalue weighted by molar-refractivity contribution is 5.73. The Balaban J connectivity index is 2.38. The molecule has 0 aliphatic rings. The lowest BCUT2D eigenvalue weighted by Gasteiger charge is -2.45. The lowest BCUT2D eigenvalue weighted by atomic mass is 9.59. The Morgan fingerprint density at radius 3 is 1.36 bits per heavy atom. The predicted octanol–water partition coefficient (Wildman–Crippen LogP) is 10.3. The SMILES string of the molecule is CCc1cc(-c2cc(C(C)(C)C)c(O)c(C(C)(C)C(C)(C)c3cc(CCOC(C)=O)cc(C(C)(C)C)c3O)c2)cc(C(C)(C)C)c1O. The molecule has 0 atom stereocenters. The molecule has 0 saturated heterocycles. The zero-order valence-corrected chi connectivity index (χ0v) is 31.7. The quantitative estimate of drug-likeness (QED) is 0.212. The third-order valence-electron chi connectivity index (χ3n) is 10.2. The fourth-order valence-electron chi connectivity index (χ4n) is 6.42. The first-order chi connectivity index (χ1) is 21.2. The number of phenolic OH excluding ortho intramolecular Hbond substituents is 3. The molecule has 258 valence electrons. The zero-order valence-electron chi connectivity index (χ0n) is 31.7. The van der Waals surface area contributed by atoms with Crippen molar-refractivity contribution in [3.05, 3.63) is 75.3 Å². The highest BCUT2D eigenvalue weighted by Gasteiger charge is 2.45. The Morgan fingerprint density at radius 2 is 0.936 bits per heavy atom. The van der Waals surface area contributed by atoms with Gasteiger partial charge in [-0.05, 0) is 74.7 Å². The van der Waals surface area contributed by atoms with E-state index < -0.39 is 10.8 Å². The molecule has 0 fully saturated rings. The third-order valence-corrected chi connectivity index (χ3v) is 10.2. The van der Waals surface area contributed by atoms with Gasteiger partial charge in [-0.25, -0.2) is 0 Å². The van der Waals surface area contributed by atoms with Crippen molar-refractivity contribution in [1.82, 2.24) is 0 Å². The van der Waals surface area contributed by atoms with Crippen LogP contribution in [0.3, 0.4) is 0 Å². The van der Waals surface area contributed by atoms with E-state index >= 15 is 0 Å². The van der Waals surface area contributed by atoms with Gasteiger partial charge in [0, 0.05) is 46.4 Å². The molecule has 0 spiro atoms. The number of ether oxygens (including phenoxy) is 1. The summed E-state index contributed by atoms with van der Waals surface area (Å²) in [5.74, 6) is 0.533. The summed E-state index contributed by atoms with van der Waals surface area (Å²) < 4.78 is 5.28. The van der Waals surface area contributed by atoms with Crippen molar-refractivity contribution < 1.29 is 24.9 Å². The van der Waals surface area contributed by atoms with Gasteiger partial charge < -0.3 is 20.1 Å². The average molecular weight is 645 g/mol. The van der Waals surface area contributed by atoms with Crippen molar-refractivity contribution in [2.75, 3.05) is 6.61 Å². The molecule has 3 aromatic rings. The van der Waals surface area contributed by atoms with Crippen LogP contribution < -0.4 is 0 Å². The van der Waals surface area contributed by atoms with E-state index in [1.54, 1.807) is 0 Å². The molecular formula is C42H60O5. The van der Waals surface area contributed by atoms with E-state index in [1.165, 1.54) is 6.92 Å². The number of hydrogen-bond donors (Lipinski definition) is 3. The van der Waals surface area contributed by atoms with Crippen LogP contribution in [0.15, 0.2) is 36.4 Å². The van der Waals surface area contributed by atoms with Crippen LogP contribution in [0.5, 0.6) is 17.2 Å². The van der Waals surface area contributed by atoms with E-state index in [2.05, 4.69) is 121 Å². The van der Waals surface area contributed by atoms with E-state index in [0.717, 1.165) is 50.1 Å². The van der Waals surface area contributed by atoms with E-state index in [1.807, 2.05) is 12.1 Å². The maximum Gasteiger partial charge on any atom is 0.302 e. The Kier molecular flexibility index (Phi) is 10.4. The van der Waals surface area contributed by atoms with Crippen LogP contribution in [-0.2, 0) is 49.4 Å². The summed E-state index contributed by atoms with van der Waals surface area (Å²) in [7, 11) is 0. The molecule has 47 heavy (non-hydrogen) atoms. The Hall–Kier alpha value is -3.47. The van der Waals surface area contributed by atoms with E-state index in [4.69, 9.17) is 4.74 Å². The molecule has 0 saturated carbocycles. The highest BCUT2D eigenvalue weighted by atomic mass is 16.5. The summed E-state index contributed by atoms with van der Waals surface area (Å²) in [5.41, 5.74) is 5.67. The largest absolute Gasteiger partial charge is 0.507 e. The molecule has 3 rings (SSSR count). The first kappa shape index (κ1) is 38.0. The van der Waals surface area contributed by atoms with Crippen LogP contribution in [0.4, 0.5) is 0 Å². The van der Waals surface area contributed by atoms with Gasteiger partial charge in [0.05, 0.1) is 6.61 Å². The van der Waals surface area contributed by atoms with Crippen LogP contribution in [0.2, 0.25) is 0 Å². The van der Waals surface area contributed by atoms with Crippen molar-refractivity contribution >= 4 is 5.97 Å². The number of esters is 1. The fourth-order valence-corrected chi connectivity index (χ4v) is 6.42. The smallest absolute Gasteiger partial charge is 0.302 e. The molecule has 3 aromatic carbocycles. The van der Waals surface area contributed by atoms with Crippen molar-refractivity contribution in [3.63, 3.8) is 0 Å². The van der Waals surface area contributed by atoms with Crippen LogP contribution >= 0.6 is 0 Å². The van der Waals surface area contributed by atoms with Crippen LogP contribution in [0.25, 0.3) is 11.1 Å². The lowest BCUT2D eigenvalue weighted by molar-refractivity contribution is -0.140. The first-order valence-electron chi connectivity index (χ1n) is 17.0. The summed E-state index contributed by atoms with van der Waals surface area (Å²) >= 11 is 0. The van der Waals surface area contributed by atoms with Gasteiger partial charge >= 0.3 is 5.97 Å². The number of benzene rings is 3. The molecule has 0 aliphatic carbocycles. The van der Waals surface area contributed by atoms with Gasteiger partial charge in [0.15, 0.2) is 0 Å². The second kappa shape index (κ2) is 12.9. The molecule has 0 radical (unpaired) electrons. The number of phenols is 3. The minimum absolute atomic E-state index is 0.249. The minimum atomic E-state index is -0.675. The number of aromatic hydroxyl groups is 3. The van der Waals surface area contributed by atoms with Gasteiger partial charge in [-0.15, -0.1) is 0 Å². The highest BCUT2D eigenvalue weighted by Crippen LogP contribution is 2.53. The molecular weight excluding hydrogens is 584 g/mol. The molecule has 0 amide bonds. The first-order valence-corrected chi connectivity index (χ1v) is 17.0. The number of aryl methyl sites for hydroxylation is 1. The topological polar surface area (TPSA) is 87.0 Å². The lowest BCUT2D eigenvalue weighted by Crippen LogP contribution is -2.41. The summed E-state index contributed by atoms with van der Waals surface area (Å²) in [6.45, 7) is 31.1. The zero-order chi connectivity index (χ0) is 36.1. The Bertz CT molecular complexity index is 1640. The molecule has 0 aromatic heterocycles. The van der Waals surface area contributed by atoms with Gasteiger partial charge in [-0.2, -0.15) is 0 Å². The number of hydrogen-bond acceptors (Lipinski definition) is 5. The standard InChI is InChI=1S/C42H60O5/c1-16-27-21-28(22-31(35(27)44)39(6,7)8)29-23-32(40(9,10)11)37(46)34(24-29)42(14,15)41(12,13)33-20-26(17-18-47-25(2)43)19-30(36(33)45)38(3,4)5/h19-24,44-46H,16-18H2,1-15H3. The predicted molar refractivity (Wildman–Crippen MR) is 195 cm³/mol. The fraction of sp³-hybridized carbons (Fsp3) is 0.548. The van der Waals surface area contributed by atoms with Crippen molar-refractivity contribution in [2.45, 2.75) is 144 Å². The summed E-state index contributed by atoms with van der Waals surface area (Å²) in [6, 6.07) is 12.4. The average Bonchev–Trinajstić information content (AvgIpc) is 2.91. The van der Waals surface area contributed by atoms with Gasteiger partial charge in [-0.3, -0.25) is 4.79 Å². The van der Waals surface area contributed by atoms with Crippen molar-refractivity contribution in [2.24, 2.45) is 0 Å². The molecule has 5 heteroatoms. The maximum atomic E-state index is 12.1. The van der Waals surface area contributed by atoms with E-state index in [-0.39, 0.29) is 40.3 Å². The summed E-state index contributed by atoms with van der Waals surface area (Å²) in [4.78, 5) is 11.5. The van der Waals surface area contributed by atoms with Crippen molar-refractivity contribution in [1.29, 1.82) is 0 Å². The summed E-state index contributed by atoms with van der Waals surface area (Å²) in [6.07, 6.45) is 1.22. The monoisotopic (exact) mass is 644 g/mol. The molecule has 0 bridgehead atoms. The molecule has 0 aliphatic heterocycles. The van der Waals surface area contributed by atoms with Crippen LogP contribution in [-0.4, -0.2) is 27.9 Å². The van der Waals surface area contributed by atoms with Gasteiger partial charge in [-0.1, -0.05) is 109 Å². The second-order valence-corrected chi connectivity index (χ2v) is 17.4. The molecule has 5 nitrogen and oxygen atoms in total. The van der Waals surface area contributed by atoms with Gasteiger partial charge in [0.2, 0.25) is 0 Å². The van der Waals surface area contributed by atoms with Gasteiger partial charge in [0.1, 0.15) is 17.2 Å². The second-order valence-electron chi connectivity index (χ2n) is 17.4. The maximum absolute atomic E-state index is 12.1. The number of carbonyl (C=O) groups excluding carboxylic acids is 1. The molecule has 3 N–H and O–H groups in total. The van der Waals surface area contributed by atoms with E-state index in [9.17, 15) is 20.1 Å². The van der Waals surface area contributed by atoms with E-state index in [0.29, 0.717) is 18.6 Å². The Morgan fingerprint density at radius 1 is 0.574 bits per heavy atom. The molecule has 0 unspecified atom stereocenters. The van der Waals surface area contributed by atoms with Crippen molar-refractivity contribution in [3.8, 4) is 28.4 Å². The van der Waals surface area contributed by atoms with Crippen LogP contribution in [0.1, 0.15) is 143 Å². The summed E-state index contributed by atoms with van der Waals surface area (Å²) in [5, 5.41) is 35.2. The molecule has 0 heterocycles. The van der Waals surface area contributed by atoms with Crippen LogP contribution in [0, 0.1) is 0 Å². The third kappa shape index (κ3) is 7.66. The minimum Gasteiger partial charge on any atom is -0.507 e. The number of carbonyl (C=O) groups is 1.